The molecule has 43 heavy (non-hydrogen) atoms. The van der Waals surface area contributed by atoms with E-state index in [0.717, 1.165) is 5.56 Å². The molecule has 8 nitrogen and oxygen atoms in total. The van der Waals surface area contributed by atoms with Gasteiger partial charge in [0.1, 0.15) is 29.6 Å². The van der Waals surface area contributed by atoms with Gasteiger partial charge in [0, 0.05) is 16.8 Å². The molecule has 0 radical (unpaired) electrons. The summed E-state index contributed by atoms with van der Waals surface area (Å²) in [6.45, 7) is 4.13. The number of aliphatic carboxylic acids is 1. The van der Waals surface area contributed by atoms with Gasteiger partial charge in [-0.3, -0.25) is 4.79 Å². The number of halogens is 2. The topological polar surface area (TPSA) is 107 Å². The molecular formula is C33H27Cl2NO7. The maximum Gasteiger partial charge on any atom is 0.338 e. The molecule has 0 bridgehead atoms. The molecule has 220 valence electrons. The number of carbonyl (C=O) groups is 2. The van der Waals surface area contributed by atoms with Crippen molar-refractivity contribution in [3.63, 3.8) is 0 Å². The minimum atomic E-state index is -1.24. The number of carboxylic acids is 2. The SMILES string of the molecule is CC(C)Oc1ccc(Oc2ccc3c(c2)c(C(=O)O)c(CC(=O)O)n3-c2ccc(OCc3ccc(Cl)c(Cl)c3)cc2)cc1. The predicted octanol–water partition coefficient (Wildman–Crippen LogP) is 8.42. The summed E-state index contributed by atoms with van der Waals surface area (Å²) in [5, 5.41) is 21.1. The van der Waals surface area contributed by atoms with Gasteiger partial charge in [-0.1, -0.05) is 29.3 Å². The zero-order valence-corrected chi connectivity index (χ0v) is 24.7. The van der Waals surface area contributed by atoms with Crippen LogP contribution in [0.5, 0.6) is 23.0 Å². The van der Waals surface area contributed by atoms with Crippen LogP contribution in [0, 0.1) is 0 Å². The number of fused-ring (bicyclic) bond motifs is 1. The summed E-state index contributed by atoms with van der Waals surface area (Å²) in [5.41, 5.74) is 1.95. The van der Waals surface area contributed by atoms with E-state index in [1.54, 1.807) is 83.4 Å². The van der Waals surface area contributed by atoms with E-state index in [-0.39, 0.29) is 24.0 Å². The Morgan fingerprint density at radius 1 is 0.791 bits per heavy atom. The molecule has 0 saturated carbocycles. The molecule has 0 spiro atoms. The molecule has 0 fully saturated rings. The van der Waals surface area contributed by atoms with Crippen molar-refractivity contribution in [1.29, 1.82) is 0 Å². The molecule has 5 rings (SSSR count). The maximum atomic E-state index is 12.5. The zero-order valence-electron chi connectivity index (χ0n) is 23.2. The van der Waals surface area contributed by atoms with Gasteiger partial charge in [0.2, 0.25) is 0 Å². The van der Waals surface area contributed by atoms with Gasteiger partial charge in [-0.2, -0.15) is 0 Å². The fraction of sp³-hybridized carbons (Fsp3) is 0.152. The van der Waals surface area contributed by atoms with Crippen LogP contribution < -0.4 is 14.2 Å². The molecule has 1 aromatic heterocycles. The van der Waals surface area contributed by atoms with Gasteiger partial charge in [0.05, 0.1) is 33.7 Å². The van der Waals surface area contributed by atoms with Gasteiger partial charge in [-0.25, -0.2) is 4.79 Å². The summed E-state index contributed by atoms with van der Waals surface area (Å²) in [7, 11) is 0. The van der Waals surface area contributed by atoms with E-state index in [0.29, 0.717) is 49.6 Å². The quantitative estimate of drug-likeness (QED) is 0.153. The summed E-state index contributed by atoms with van der Waals surface area (Å²) >= 11 is 12.1. The van der Waals surface area contributed by atoms with Crippen molar-refractivity contribution < 1.29 is 34.0 Å². The first-order valence-corrected chi connectivity index (χ1v) is 14.1. The van der Waals surface area contributed by atoms with Crippen molar-refractivity contribution in [2.75, 3.05) is 0 Å². The van der Waals surface area contributed by atoms with Gasteiger partial charge < -0.3 is 29.0 Å². The number of carboxylic acid groups (broad SMARTS) is 2. The Bertz CT molecular complexity index is 1800. The number of benzene rings is 4. The van der Waals surface area contributed by atoms with Crippen LogP contribution in [0.4, 0.5) is 0 Å². The second-order valence-electron chi connectivity index (χ2n) is 9.98. The molecule has 1 heterocycles. The summed E-state index contributed by atoms with van der Waals surface area (Å²) < 4.78 is 19.2. The van der Waals surface area contributed by atoms with Gasteiger partial charge in [-0.15, -0.1) is 0 Å². The fourth-order valence-corrected chi connectivity index (χ4v) is 5.03. The highest BCUT2D eigenvalue weighted by molar-refractivity contribution is 6.42. The monoisotopic (exact) mass is 619 g/mol. The van der Waals surface area contributed by atoms with E-state index in [4.69, 9.17) is 37.4 Å². The van der Waals surface area contributed by atoms with Crippen molar-refractivity contribution in [2.45, 2.75) is 33.0 Å². The number of hydrogen-bond donors (Lipinski definition) is 2. The molecule has 10 heteroatoms. The Kier molecular flexibility index (Phi) is 8.80. The molecule has 0 atom stereocenters. The van der Waals surface area contributed by atoms with Crippen LogP contribution in [-0.4, -0.2) is 32.8 Å². The van der Waals surface area contributed by atoms with Gasteiger partial charge >= 0.3 is 11.9 Å². The van der Waals surface area contributed by atoms with E-state index in [9.17, 15) is 19.8 Å². The van der Waals surface area contributed by atoms with Crippen molar-refractivity contribution in [1.82, 2.24) is 4.57 Å². The minimum absolute atomic E-state index is 0.0327. The third kappa shape index (κ3) is 6.88. The largest absolute Gasteiger partial charge is 0.491 e. The molecule has 5 aromatic rings. The smallest absolute Gasteiger partial charge is 0.338 e. The van der Waals surface area contributed by atoms with Crippen LogP contribution >= 0.6 is 23.2 Å². The van der Waals surface area contributed by atoms with Crippen LogP contribution in [0.15, 0.2) is 84.9 Å². The molecule has 0 saturated heterocycles. The summed E-state index contributed by atoms with van der Waals surface area (Å²) in [5.74, 6) is -0.203. The Labute approximate surface area is 257 Å². The Morgan fingerprint density at radius 2 is 1.44 bits per heavy atom. The first kappa shape index (κ1) is 29.8. The fourth-order valence-electron chi connectivity index (χ4n) is 4.71. The highest BCUT2D eigenvalue weighted by Crippen LogP contribution is 2.35. The van der Waals surface area contributed by atoms with E-state index >= 15 is 0 Å². The molecule has 0 aliphatic rings. The number of hydrogen-bond acceptors (Lipinski definition) is 5. The standard InChI is InChI=1S/C33H27Cl2NO7/c1-19(2)42-23-8-10-24(11-9-23)43-25-12-14-29-26(16-25)32(33(39)40)30(17-31(37)38)36(29)21-4-6-22(7-5-21)41-18-20-3-13-27(34)28(35)15-20/h3-16,19H,17-18H2,1-2H3,(H,37,38)(H,39,40). The van der Waals surface area contributed by atoms with E-state index in [1.165, 1.54) is 0 Å². The Hall–Kier alpha value is -4.66. The second-order valence-corrected chi connectivity index (χ2v) is 10.8. The zero-order chi connectivity index (χ0) is 30.7. The van der Waals surface area contributed by atoms with E-state index in [1.807, 2.05) is 19.9 Å². The number of nitrogens with zero attached hydrogens (tertiary/aromatic N) is 1. The first-order chi connectivity index (χ1) is 20.6. The molecular weight excluding hydrogens is 593 g/mol. The van der Waals surface area contributed by atoms with E-state index < -0.39 is 18.4 Å². The third-order valence-corrected chi connectivity index (χ3v) is 7.22. The van der Waals surface area contributed by atoms with Crippen LogP contribution in [0.3, 0.4) is 0 Å². The summed E-state index contributed by atoms with van der Waals surface area (Å²) in [4.78, 5) is 24.3. The van der Waals surface area contributed by atoms with Gasteiger partial charge in [0.15, 0.2) is 0 Å². The number of aromatic carboxylic acids is 1. The molecule has 4 aromatic carbocycles. The number of ether oxygens (including phenoxy) is 3. The Morgan fingerprint density at radius 3 is 2.07 bits per heavy atom. The number of rotatable bonds is 11. The highest BCUT2D eigenvalue weighted by Gasteiger charge is 2.25. The van der Waals surface area contributed by atoms with Crippen molar-refractivity contribution >= 4 is 46.0 Å². The summed E-state index contributed by atoms with van der Waals surface area (Å²) in [6.07, 6.45) is -0.468. The first-order valence-electron chi connectivity index (χ1n) is 13.3. The van der Waals surface area contributed by atoms with E-state index in [2.05, 4.69) is 0 Å². The van der Waals surface area contributed by atoms with Crippen molar-refractivity contribution in [3.8, 4) is 28.7 Å². The van der Waals surface area contributed by atoms with Crippen LogP contribution in [0.2, 0.25) is 10.0 Å². The predicted molar refractivity (Wildman–Crippen MR) is 165 cm³/mol. The lowest BCUT2D eigenvalue weighted by Gasteiger charge is -2.13. The molecule has 2 N–H and O–H groups in total. The lowest BCUT2D eigenvalue weighted by atomic mass is 10.1. The molecule has 0 aliphatic heterocycles. The van der Waals surface area contributed by atoms with Gasteiger partial charge in [-0.05, 0) is 98.3 Å². The minimum Gasteiger partial charge on any atom is -0.491 e. The molecule has 0 amide bonds. The normalized spacial score (nSPS) is 11.1. The Balaban J connectivity index is 1.48. The summed E-state index contributed by atoms with van der Waals surface area (Å²) in [6, 6.07) is 24.3. The average Bonchev–Trinajstić information content (AvgIpc) is 3.27. The molecule has 0 aliphatic carbocycles. The van der Waals surface area contributed by atoms with Crippen molar-refractivity contribution in [3.05, 3.63) is 112 Å². The average molecular weight is 620 g/mol. The van der Waals surface area contributed by atoms with Crippen LogP contribution in [-0.2, 0) is 17.8 Å². The third-order valence-electron chi connectivity index (χ3n) is 6.48. The van der Waals surface area contributed by atoms with Crippen LogP contribution in [0.1, 0.15) is 35.5 Å². The van der Waals surface area contributed by atoms with Crippen LogP contribution in [0.25, 0.3) is 16.6 Å². The number of aromatic nitrogens is 1. The maximum absolute atomic E-state index is 12.5. The lowest BCUT2D eigenvalue weighted by Crippen LogP contribution is -2.11. The second kappa shape index (κ2) is 12.7. The highest BCUT2D eigenvalue weighted by atomic mass is 35.5. The lowest BCUT2D eigenvalue weighted by molar-refractivity contribution is -0.136. The van der Waals surface area contributed by atoms with Gasteiger partial charge in [0.25, 0.3) is 0 Å². The van der Waals surface area contributed by atoms with Crippen molar-refractivity contribution in [2.24, 2.45) is 0 Å². The molecule has 0 unspecified atom stereocenters.